The summed E-state index contributed by atoms with van der Waals surface area (Å²) >= 11 is 1.40. The number of hydrogen-bond acceptors (Lipinski definition) is 8. The predicted octanol–water partition coefficient (Wildman–Crippen LogP) is 0.698. The molecule has 2 atom stereocenters. The molecular formula is C21H27FN6O4S. The molecule has 3 aliphatic heterocycles. The van der Waals surface area contributed by atoms with Gasteiger partial charge in [0.15, 0.2) is 0 Å². The molecule has 3 amide bonds. The summed E-state index contributed by atoms with van der Waals surface area (Å²) in [4.78, 5) is 42.8. The Kier molecular flexibility index (Phi) is 6.66. The molecule has 1 unspecified atom stereocenters. The van der Waals surface area contributed by atoms with Crippen molar-refractivity contribution in [3.63, 3.8) is 0 Å². The third kappa shape index (κ3) is 4.86. The van der Waals surface area contributed by atoms with Gasteiger partial charge in [-0.3, -0.25) is 14.5 Å². The fourth-order valence-corrected chi connectivity index (χ4v) is 4.81. The number of piperazine rings is 1. The van der Waals surface area contributed by atoms with Gasteiger partial charge >= 0.3 is 6.09 Å². The number of nitrogens with two attached hydrogens (primary N) is 1. The van der Waals surface area contributed by atoms with Gasteiger partial charge in [0.1, 0.15) is 23.1 Å². The molecule has 3 N–H and O–H groups in total. The van der Waals surface area contributed by atoms with Crippen molar-refractivity contribution in [3.8, 4) is 0 Å². The lowest BCUT2D eigenvalue weighted by molar-refractivity contribution is -0.129. The molecule has 0 bridgehead atoms. The first-order valence-electron chi connectivity index (χ1n) is 10.6. The van der Waals surface area contributed by atoms with Gasteiger partial charge < -0.3 is 30.5 Å². The maximum absolute atomic E-state index is 15.0. The summed E-state index contributed by atoms with van der Waals surface area (Å²) in [6, 6.07) is 4.63. The predicted molar refractivity (Wildman–Crippen MR) is 123 cm³/mol. The molecule has 3 aliphatic rings. The molecule has 0 aliphatic carbocycles. The summed E-state index contributed by atoms with van der Waals surface area (Å²) < 4.78 is 20.2. The molecule has 4 rings (SSSR count). The molecular weight excluding hydrogens is 451 g/mol. The number of carbonyl (C=O) groups excluding carboxylic acids is 3. The van der Waals surface area contributed by atoms with Gasteiger partial charge in [-0.15, -0.1) is 0 Å². The number of benzene rings is 1. The Balaban J connectivity index is 1.36. The fourth-order valence-electron chi connectivity index (χ4n) is 3.98. The van der Waals surface area contributed by atoms with E-state index in [2.05, 4.69) is 5.32 Å². The normalized spacial score (nSPS) is 23.0. The highest BCUT2D eigenvalue weighted by atomic mass is 32.2. The Bertz CT molecular complexity index is 984. The van der Waals surface area contributed by atoms with E-state index in [0.717, 1.165) is 0 Å². The molecule has 0 aromatic heterocycles. The van der Waals surface area contributed by atoms with Gasteiger partial charge in [0, 0.05) is 45.6 Å². The summed E-state index contributed by atoms with van der Waals surface area (Å²) in [5.74, 6) is -0.739. The van der Waals surface area contributed by atoms with Crippen molar-refractivity contribution in [2.75, 3.05) is 56.1 Å². The van der Waals surface area contributed by atoms with Gasteiger partial charge in [0.25, 0.3) is 5.91 Å². The van der Waals surface area contributed by atoms with Crippen LogP contribution in [-0.4, -0.2) is 85.6 Å². The average Bonchev–Trinajstić information content (AvgIpc) is 3.33. The van der Waals surface area contributed by atoms with Gasteiger partial charge in [-0.1, -0.05) is 11.8 Å². The molecule has 3 heterocycles. The van der Waals surface area contributed by atoms with Crippen molar-refractivity contribution >= 4 is 41.0 Å². The highest BCUT2D eigenvalue weighted by molar-refractivity contribution is 8.02. The van der Waals surface area contributed by atoms with Crippen LogP contribution in [0.4, 0.5) is 20.6 Å². The maximum atomic E-state index is 15.0. The molecule has 2 saturated heterocycles. The lowest BCUT2D eigenvalue weighted by Gasteiger charge is -2.37. The second kappa shape index (κ2) is 9.48. The summed E-state index contributed by atoms with van der Waals surface area (Å²) in [5.41, 5.74) is 7.05. The number of nitrogens with one attached hydrogen (secondary N) is 1. The van der Waals surface area contributed by atoms with E-state index in [9.17, 15) is 18.8 Å². The molecule has 1 aromatic rings. The highest BCUT2D eigenvalue weighted by Gasteiger charge is 2.34. The van der Waals surface area contributed by atoms with Gasteiger partial charge in [-0.2, -0.15) is 0 Å². The number of hydrogen-bond donors (Lipinski definition) is 2. The summed E-state index contributed by atoms with van der Waals surface area (Å²) in [6.45, 7) is 3.73. The van der Waals surface area contributed by atoms with E-state index in [1.165, 1.54) is 29.7 Å². The van der Waals surface area contributed by atoms with Crippen molar-refractivity contribution in [2.45, 2.75) is 18.5 Å². The second-order valence-corrected chi connectivity index (χ2v) is 9.10. The minimum Gasteiger partial charge on any atom is -0.442 e. The first-order valence-corrected chi connectivity index (χ1v) is 11.6. The number of cyclic esters (lactones) is 1. The summed E-state index contributed by atoms with van der Waals surface area (Å²) in [5, 5.41) is 4.39. The van der Waals surface area contributed by atoms with Gasteiger partial charge in [-0.05, 0) is 18.2 Å². The molecule has 178 valence electrons. The Hall–Kier alpha value is -2.99. The Morgan fingerprint density at radius 2 is 2.00 bits per heavy atom. The van der Waals surface area contributed by atoms with Crippen molar-refractivity contribution in [1.29, 1.82) is 0 Å². The zero-order valence-electron chi connectivity index (χ0n) is 18.5. The molecule has 33 heavy (non-hydrogen) atoms. The second-order valence-electron chi connectivity index (χ2n) is 8.11. The van der Waals surface area contributed by atoms with Crippen LogP contribution in [0.1, 0.15) is 6.92 Å². The Morgan fingerprint density at radius 3 is 2.61 bits per heavy atom. The van der Waals surface area contributed by atoms with Crippen LogP contribution in [0.5, 0.6) is 0 Å². The average molecular weight is 479 g/mol. The minimum atomic E-state index is -0.575. The largest absolute Gasteiger partial charge is 0.442 e. The molecule has 12 heteroatoms. The van der Waals surface area contributed by atoms with Crippen molar-refractivity contribution in [2.24, 2.45) is 5.73 Å². The van der Waals surface area contributed by atoms with E-state index in [0.29, 0.717) is 43.3 Å². The lowest BCUT2D eigenvalue weighted by Crippen LogP contribution is -2.50. The monoisotopic (exact) mass is 478 g/mol. The number of anilines is 2. The quantitative estimate of drug-likeness (QED) is 0.636. The Morgan fingerprint density at radius 1 is 1.27 bits per heavy atom. The number of nitrogens with zero attached hydrogens (tertiary/aromatic N) is 4. The molecule has 1 aromatic carbocycles. The van der Waals surface area contributed by atoms with Crippen LogP contribution >= 0.6 is 11.8 Å². The van der Waals surface area contributed by atoms with Crippen LogP contribution in [-0.2, 0) is 14.3 Å². The highest BCUT2D eigenvalue weighted by Crippen LogP contribution is 2.30. The number of rotatable bonds is 5. The zero-order valence-corrected chi connectivity index (χ0v) is 19.3. The van der Waals surface area contributed by atoms with Crippen molar-refractivity contribution in [3.05, 3.63) is 35.1 Å². The first-order chi connectivity index (χ1) is 15.7. The van der Waals surface area contributed by atoms with Gasteiger partial charge in [0.2, 0.25) is 5.91 Å². The number of ether oxygens (including phenoxy) is 1. The van der Waals surface area contributed by atoms with E-state index in [1.54, 1.807) is 34.4 Å². The number of halogens is 1. The third-order valence-electron chi connectivity index (χ3n) is 5.90. The van der Waals surface area contributed by atoms with Crippen LogP contribution < -0.4 is 20.9 Å². The van der Waals surface area contributed by atoms with E-state index in [4.69, 9.17) is 10.5 Å². The third-order valence-corrected chi connectivity index (χ3v) is 6.86. The molecule has 0 radical (unpaired) electrons. The standard InChI is InChI=1S/C21H27FN6O4S/c1-13(29)24-10-15-11-28(21(31)32-15)14-3-4-17(16(22)9-14)26-5-7-27(8-6-26)19(30)18-12-33-20(23)25(18)2/h3-4,9,12,15,20H,5-8,10-11,23H2,1-2H3,(H,24,29)/t15-,20?/m0/s1. The van der Waals surface area contributed by atoms with Crippen molar-refractivity contribution in [1.82, 2.24) is 15.1 Å². The number of likely N-dealkylation sites (N-methyl/N-ethyl adjacent to an activating group) is 1. The van der Waals surface area contributed by atoms with E-state index < -0.39 is 18.0 Å². The van der Waals surface area contributed by atoms with Crippen LogP contribution in [0.15, 0.2) is 29.3 Å². The van der Waals surface area contributed by atoms with Crippen LogP contribution in [0.25, 0.3) is 0 Å². The van der Waals surface area contributed by atoms with E-state index in [-0.39, 0.29) is 30.4 Å². The smallest absolute Gasteiger partial charge is 0.414 e. The Labute approximate surface area is 195 Å². The minimum absolute atomic E-state index is 0.0743. The van der Waals surface area contributed by atoms with Crippen molar-refractivity contribution < 1.29 is 23.5 Å². The van der Waals surface area contributed by atoms with E-state index in [1.807, 2.05) is 4.90 Å². The van der Waals surface area contributed by atoms with Gasteiger partial charge in [-0.25, -0.2) is 9.18 Å². The first kappa shape index (κ1) is 23.2. The van der Waals surface area contributed by atoms with E-state index >= 15 is 0 Å². The number of amides is 3. The zero-order chi connectivity index (χ0) is 23.7. The number of carbonyl (C=O) groups is 3. The topological polar surface area (TPSA) is 111 Å². The summed E-state index contributed by atoms with van der Waals surface area (Å²) in [6.07, 6.45) is -1.06. The van der Waals surface area contributed by atoms with Gasteiger partial charge in [0.05, 0.1) is 24.5 Å². The fraction of sp³-hybridized carbons (Fsp3) is 0.476. The number of thioether (sulfide) groups is 1. The lowest BCUT2D eigenvalue weighted by atomic mass is 10.2. The molecule has 0 saturated carbocycles. The van der Waals surface area contributed by atoms with Crippen LogP contribution in [0.3, 0.4) is 0 Å². The molecule has 2 fully saturated rings. The SMILES string of the molecule is CC(=O)NC[C@H]1CN(c2ccc(N3CCN(C(=O)C4=CSC(N)N4C)CC3)c(F)c2)C(=O)O1. The van der Waals surface area contributed by atoms with Crippen LogP contribution in [0, 0.1) is 5.82 Å². The molecule has 0 spiro atoms. The van der Waals surface area contributed by atoms with Crippen LogP contribution in [0.2, 0.25) is 0 Å². The maximum Gasteiger partial charge on any atom is 0.414 e. The summed E-state index contributed by atoms with van der Waals surface area (Å²) in [7, 11) is 1.79. The molecule has 10 nitrogen and oxygen atoms in total.